The molecule has 3 unspecified atom stereocenters. The Balaban J connectivity index is 1.18. The van der Waals surface area contributed by atoms with E-state index >= 15 is 0 Å². The van der Waals surface area contributed by atoms with E-state index < -0.39 is 17.8 Å². The van der Waals surface area contributed by atoms with Gasteiger partial charge in [0.2, 0.25) is 11.8 Å². The van der Waals surface area contributed by atoms with E-state index in [4.69, 9.17) is 16.3 Å². The average molecular weight is 608 g/mol. The number of amides is 2. The summed E-state index contributed by atoms with van der Waals surface area (Å²) in [6, 6.07) is 11.7. The summed E-state index contributed by atoms with van der Waals surface area (Å²) < 4.78 is 22.4. The first kappa shape index (κ1) is 29.6. The van der Waals surface area contributed by atoms with E-state index in [9.17, 15) is 14.0 Å². The third kappa shape index (κ3) is 5.76. The van der Waals surface area contributed by atoms with Crippen molar-refractivity contribution >= 4 is 23.4 Å². The molecule has 0 spiro atoms. The van der Waals surface area contributed by atoms with Crippen molar-refractivity contribution in [2.75, 3.05) is 6.54 Å². The van der Waals surface area contributed by atoms with Crippen LogP contribution in [0.15, 0.2) is 48.7 Å². The molecule has 0 bridgehead atoms. The Hall–Kier alpha value is -3.46. The Labute approximate surface area is 257 Å². The zero-order valence-corrected chi connectivity index (χ0v) is 25.9. The van der Waals surface area contributed by atoms with Gasteiger partial charge < -0.3 is 14.5 Å². The van der Waals surface area contributed by atoms with E-state index in [0.29, 0.717) is 24.8 Å². The second kappa shape index (κ2) is 11.6. The Morgan fingerprint density at radius 3 is 2.51 bits per heavy atom. The minimum absolute atomic E-state index is 0.0113. The molecule has 3 fully saturated rings. The topological polar surface area (TPSA) is 80.6 Å². The molecule has 6 rings (SSSR count). The van der Waals surface area contributed by atoms with E-state index in [2.05, 4.69) is 24.2 Å². The van der Waals surface area contributed by atoms with Gasteiger partial charge in [-0.05, 0) is 81.5 Å². The van der Waals surface area contributed by atoms with Crippen molar-refractivity contribution in [3.05, 3.63) is 65.1 Å². The van der Waals surface area contributed by atoms with Crippen LogP contribution in [0.4, 0.5) is 4.39 Å². The van der Waals surface area contributed by atoms with Crippen LogP contribution in [0.2, 0.25) is 5.02 Å². The zero-order chi connectivity index (χ0) is 30.5. The van der Waals surface area contributed by atoms with E-state index in [-0.39, 0.29) is 40.8 Å². The van der Waals surface area contributed by atoms with Crippen molar-refractivity contribution in [3.8, 4) is 17.0 Å². The molecule has 3 aliphatic rings. The number of nitrogens with zero attached hydrogens (tertiary/aromatic N) is 5. The number of ether oxygens (including phenoxy) is 1. The van der Waals surface area contributed by atoms with Crippen LogP contribution in [0.3, 0.4) is 0 Å². The predicted molar refractivity (Wildman–Crippen MR) is 162 cm³/mol. The summed E-state index contributed by atoms with van der Waals surface area (Å²) in [6.07, 6.45) is 6.98. The molecule has 3 heterocycles. The Bertz CT molecular complexity index is 1500. The molecule has 2 aliphatic heterocycles. The van der Waals surface area contributed by atoms with Gasteiger partial charge in [-0.1, -0.05) is 36.7 Å². The van der Waals surface area contributed by atoms with Crippen LogP contribution in [0.25, 0.3) is 11.3 Å². The molecule has 1 aromatic heterocycles. The van der Waals surface area contributed by atoms with Crippen LogP contribution < -0.4 is 4.74 Å². The number of halogens is 2. The lowest BCUT2D eigenvalue weighted by atomic mass is 9.73. The van der Waals surface area contributed by atoms with Crippen LogP contribution in [0.1, 0.15) is 71.4 Å². The highest BCUT2D eigenvalue weighted by molar-refractivity contribution is 6.30. The fraction of sp³-hybridized carbons (Fsp3) is 0.515. The number of aromatic nitrogens is 3. The van der Waals surface area contributed by atoms with Crippen molar-refractivity contribution in [3.63, 3.8) is 0 Å². The number of carbonyl (C=O) groups is 2. The van der Waals surface area contributed by atoms with Gasteiger partial charge in [-0.15, -0.1) is 5.10 Å². The number of hydrogen-bond donors (Lipinski definition) is 0. The van der Waals surface area contributed by atoms with E-state index in [0.717, 1.165) is 29.8 Å². The third-order valence-corrected chi connectivity index (χ3v) is 9.62. The molecule has 0 N–H and O–H groups in total. The lowest BCUT2D eigenvalue weighted by Crippen LogP contribution is -2.66. The van der Waals surface area contributed by atoms with Gasteiger partial charge in [-0.3, -0.25) is 9.59 Å². The quantitative estimate of drug-likeness (QED) is 0.300. The van der Waals surface area contributed by atoms with Gasteiger partial charge in [0.05, 0.1) is 41.9 Å². The fourth-order valence-corrected chi connectivity index (χ4v) is 7.15. The van der Waals surface area contributed by atoms with Crippen LogP contribution in [-0.2, 0) is 16.1 Å². The second-order valence-corrected chi connectivity index (χ2v) is 13.6. The van der Waals surface area contributed by atoms with Crippen LogP contribution in [0, 0.1) is 17.2 Å². The highest BCUT2D eigenvalue weighted by Crippen LogP contribution is 2.45. The van der Waals surface area contributed by atoms with Crippen molar-refractivity contribution in [1.82, 2.24) is 24.8 Å². The smallest absolute Gasteiger partial charge is 0.228 e. The number of hydrogen-bond acceptors (Lipinski definition) is 5. The minimum atomic E-state index is -0.620. The van der Waals surface area contributed by atoms with E-state index in [1.54, 1.807) is 15.6 Å². The summed E-state index contributed by atoms with van der Waals surface area (Å²) in [5.41, 5.74) is 2.13. The Kier molecular flexibility index (Phi) is 7.96. The van der Waals surface area contributed by atoms with Crippen molar-refractivity contribution in [1.29, 1.82) is 0 Å². The lowest BCUT2D eigenvalue weighted by molar-refractivity contribution is -0.158. The molecule has 2 aromatic carbocycles. The molecule has 0 radical (unpaired) electrons. The fourth-order valence-electron chi connectivity index (χ4n) is 7.03. The SMILES string of the molecule is CC(C)N1C(=O)CC(C(=O)N2CC(C)(C)C2Cn2cc(-c3ccc(OC4CCCC4)cc3)nn2)C1c1ccc(Cl)c(F)c1. The average Bonchev–Trinajstić information content (AvgIpc) is 3.73. The molecule has 3 aromatic rings. The van der Waals surface area contributed by atoms with Crippen molar-refractivity contribution in [2.24, 2.45) is 11.3 Å². The molecule has 1 saturated carbocycles. The van der Waals surface area contributed by atoms with Crippen molar-refractivity contribution < 1.29 is 18.7 Å². The summed E-state index contributed by atoms with van der Waals surface area (Å²) in [5, 5.41) is 8.80. The van der Waals surface area contributed by atoms with Crippen LogP contribution >= 0.6 is 11.6 Å². The normalized spacial score (nSPS) is 23.7. The van der Waals surface area contributed by atoms with E-state index in [1.165, 1.54) is 25.0 Å². The maximum absolute atomic E-state index is 14.5. The van der Waals surface area contributed by atoms with Gasteiger partial charge >= 0.3 is 0 Å². The number of carbonyl (C=O) groups excluding carboxylic acids is 2. The predicted octanol–water partition coefficient (Wildman–Crippen LogP) is 6.29. The molecule has 3 atom stereocenters. The number of benzene rings is 2. The van der Waals surface area contributed by atoms with Crippen LogP contribution in [-0.4, -0.2) is 61.3 Å². The molecule has 1 aliphatic carbocycles. The summed E-state index contributed by atoms with van der Waals surface area (Å²) in [5.74, 6) is -0.515. The first-order chi connectivity index (χ1) is 20.5. The second-order valence-electron chi connectivity index (χ2n) is 13.2. The molecule has 43 heavy (non-hydrogen) atoms. The third-order valence-electron chi connectivity index (χ3n) is 9.31. The first-order valence-electron chi connectivity index (χ1n) is 15.3. The maximum atomic E-state index is 14.5. The lowest BCUT2D eigenvalue weighted by Gasteiger charge is -2.55. The summed E-state index contributed by atoms with van der Waals surface area (Å²) in [7, 11) is 0. The van der Waals surface area contributed by atoms with E-state index in [1.807, 2.05) is 49.2 Å². The molecule has 2 saturated heterocycles. The number of rotatable bonds is 8. The highest BCUT2D eigenvalue weighted by Gasteiger charge is 2.54. The molecular formula is C33H39ClFN5O3. The molecular weight excluding hydrogens is 569 g/mol. The van der Waals surface area contributed by atoms with Gasteiger partial charge in [0.25, 0.3) is 0 Å². The summed E-state index contributed by atoms with van der Waals surface area (Å²) in [6.45, 7) is 9.14. The highest BCUT2D eigenvalue weighted by atomic mass is 35.5. The molecule has 2 amide bonds. The van der Waals surface area contributed by atoms with Gasteiger partial charge in [0, 0.05) is 30.0 Å². The van der Waals surface area contributed by atoms with Gasteiger partial charge in [0.1, 0.15) is 17.3 Å². The standard InChI is InChI=1S/C33H39ClFN5O3/c1-20(2)40-30(41)16-25(31(40)22-11-14-26(34)27(35)15-22)32(42)39-19-33(3,4)29(39)18-38-17-28(36-37-38)21-9-12-24(13-10-21)43-23-7-5-6-8-23/h9-15,17,20,23,25,29,31H,5-8,16,18-19H2,1-4H3. The Morgan fingerprint density at radius 1 is 1.14 bits per heavy atom. The first-order valence-corrected chi connectivity index (χ1v) is 15.6. The number of likely N-dealkylation sites (tertiary alicyclic amines) is 2. The Morgan fingerprint density at radius 2 is 1.86 bits per heavy atom. The maximum Gasteiger partial charge on any atom is 0.228 e. The van der Waals surface area contributed by atoms with Gasteiger partial charge in [0.15, 0.2) is 0 Å². The largest absolute Gasteiger partial charge is 0.490 e. The molecule has 228 valence electrons. The van der Waals surface area contributed by atoms with Crippen LogP contribution in [0.5, 0.6) is 5.75 Å². The monoisotopic (exact) mass is 607 g/mol. The minimum Gasteiger partial charge on any atom is -0.490 e. The van der Waals surface area contributed by atoms with Gasteiger partial charge in [-0.25, -0.2) is 9.07 Å². The summed E-state index contributed by atoms with van der Waals surface area (Å²) >= 11 is 5.95. The summed E-state index contributed by atoms with van der Waals surface area (Å²) in [4.78, 5) is 30.8. The molecule has 10 heteroatoms. The molecule has 8 nitrogen and oxygen atoms in total. The zero-order valence-electron chi connectivity index (χ0n) is 25.2. The van der Waals surface area contributed by atoms with Gasteiger partial charge in [-0.2, -0.15) is 0 Å². The van der Waals surface area contributed by atoms with Crippen molar-refractivity contribution in [2.45, 2.75) is 90.6 Å².